The van der Waals surface area contributed by atoms with Crippen LogP contribution in [0, 0.1) is 0 Å². The Morgan fingerprint density at radius 1 is 1.50 bits per heavy atom. The zero-order valence-corrected chi connectivity index (χ0v) is 10.2. The van der Waals surface area contributed by atoms with Crippen molar-refractivity contribution in [2.24, 2.45) is 0 Å². The van der Waals surface area contributed by atoms with Crippen LogP contribution >= 0.6 is 27.5 Å². The number of rotatable bonds is 2. The van der Waals surface area contributed by atoms with Gasteiger partial charge in [0, 0.05) is 10.7 Å². The Morgan fingerprint density at radius 3 is 2.81 bits per heavy atom. The molecular formula is C10H6BrClN2O2. The third-order valence-corrected chi connectivity index (χ3v) is 2.79. The smallest absolute Gasteiger partial charge is 0.356 e. The summed E-state index contributed by atoms with van der Waals surface area (Å²) in [4.78, 5) is 14.4. The summed E-state index contributed by atoms with van der Waals surface area (Å²) in [6, 6.07) is 5.33. The number of hydrogen-bond donors (Lipinski definition) is 1. The largest absolute Gasteiger partial charge is 0.476 e. The number of carboxylic acid groups (broad SMARTS) is 1. The van der Waals surface area contributed by atoms with Gasteiger partial charge in [0.25, 0.3) is 0 Å². The van der Waals surface area contributed by atoms with Crippen molar-refractivity contribution in [3.63, 3.8) is 0 Å². The van der Waals surface area contributed by atoms with Gasteiger partial charge in [0.05, 0.1) is 10.7 Å². The van der Waals surface area contributed by atoms with Crippen molar-refractivity contribution in [2.45, 2.75) is 0 Å². The van der Waals surface area contributed by atoms with Crippen LogP contribution in [0.1, 0.15) is 10.5 Å². The molecule has 2 rings (SSSR count). The van der Waals surface area contributed by atoms with E-state index in [-0.39, 0.29) is 5.69 Å². The number of aromatic nitrogens is 2. The van der Waals surface area contributed by atoms with E-state index < -0.39 is 5.97 Å². The molecule has 0 aliphatic heterocycles. The van der Waals surface area contributed by atoms with Gasteiger partial charge in [0.2, 0.25) is 0 Å². The monoisotopic (exact) mass is 300 g/mol. The molecule has 0 aliphatic carbocycles. The van der Waals surface area contributed by atoms with Gasteiger partial charge in [-0.3, -0.25) is 0 Å². The van der Waals surface area contributed by atoms with E-state index in [2.05, 4.69) is 20.9 Å². The third-order valence-electron chi connectivity index (χ3n) is 1.99. The molecule has 6 heteroatoms. The van der Waals surface area contributed by atoms with E-state index in [0.717, 1.165) is 4.47 Å². The van der Waals surface area contributed by atoms with Crippen molar-refractivity contribution in [3.8, 4) is 5.69 Å². The molecule has 1 N–H and O–H groups in total. The van der Waals surface area contributed by atoms with Crippen molar-refractivity contribution in [2.75, 3.05) is 0 Å². The molecule has 0 aliphatic rings. The first-order valence-electron chi connectivity index (χ1n) is 4.30. The Kier molecular flexibility index (Phi) is 2.98. The molecular weight excluding hydrogens is 295 g/mol. The van der Waals surface area contributed by atoms with Gasteiger partial charge in [0.15, 0.2) is 5.69 Å². The van der Waals surface area contributed by atoms with Gasteiger partial charge in [-0.2, -0.15) is 0 Å². The van der Waals surface area contributed by atoms with Gasteiger partial charge in [-0.05, 0) is 18.2 Å². The molecule has 0 spiro atoms. The second-order valence-corrected chi connectivity index (χ2v) is 4.39. The summed E-state index contributed by atoms with van der Waals surface area (Å²) < 4.78 is 2.43. The average molecular weight is 302 g/mol. The fourth-order valence-corrected chi connectivity index (χ4v) is 2.03. The highest BCUT2D eigenvalue weighted by Gasteiger charge is 2.09. The Morgan fingerprint density at radius 2 is 2.25 bits per heavy atom. The topological polar surface area (TPSA) is 55.1 Å². The summed E-state index contributed by atoms with van der Waals surface area (Å²) in [5.41, 5.74) is 0.670. The third kappa shape index (κ3) is 2.10. The molecule has 0 bridgehead atoms. The summed E-state index contributed by atoms with van der Waals surface area (Å²) in [5.74, 6) is -1.06. The molecule has 0 radical (unpaired) electrons. The van der Waals surface area contributed by atoms with E-state index in [9.17, 15) is 4.79 Å². The van der Waals surface area contributed by atoms with E-state index >= 15 is 0 Å². The zero-order chi connectivity index (χ0) is 11.7. The SMILES string of the molecule is O=C(O)c1cn(-c2ccc(Br)cc2Cl)cn1. The van der Waals surface area contributed by atoms with Crippen LogP contribution in [0.4, 0.5) is 0 Å². The second kappa shape index (κ2) is 4.27. The van der Waals surface area contributed by atoms with E-state index in [0.29, 0.717) is 10.7 Å². The number of nitrogens with zero attached hydrogens (tertiary/aromatic N) is 2. The first-order chi connectivity index (χ1) is 7.58. The number of halogens is 2. The Hall–Kier alpha value is -1.33. The summed E-state index contributed by atoms with van der Waals surface area (Å²) in [6.07, 6.45) is 2.83. The van der Waals surface area contributed by atoms with Crippen molar-refractivity contribution < 1.29 is 9.90 Å². The number of hydrogen-bond acceptors (Lipinski definition) is 2. The van der Waals surface area contributed by atoms with Gasteiger partial charge in [-0.15, -0.1) is 0 Å². The highest BCUT2D eigenvalue weighted by Crippen LogP contribution is 2.24. The fourth-order valence-electron chi connectivity index (χ4n) is 1.26. The number of carbonyl (C=O) groups is 1. The lowest BCUT2D eigenvalue weighted by Gasteiger charge is -2.04. The summed E-state index contributed by atoms with van der Waals surface area (Å²) in [5, 5.41) is 9.26. The van der Waals surface area contributed by atoms with Crippen LogP contribution in [-0.4, -0.2) is 20.6 Å². The molecule has 2 aromatic rings. The maximum absolute atomic E-state index is 10.7. The molecule has 0 saturated carbocycles. The summed E-state index contributed by atoms with van der Waals surface area (Å²) in [7, 11) is 0. The van der Waals surface area contributed by atoms with Gasteiger partial charge in [0.1, 0.15) is 6.33 Å². The molecule has 4 nitrogen and oxygen atoms in total. The minimum Gasteiger partial charge on any atom is -0.476 e. The van der Waals surface area contributed by atoms with E-state index in [1.54, 1.807) is 16.7 Å². The molecule has 0 unspecified atom stereocenters. The highest BCUT2D eigenvalue weighted by atomic mass is 79.9. The standard InChI is InChI=1S/C10H6BrClN2O2/c11-6-1-2-9(7(12)3-6)14-4-8(10(15)16)13-5-14/h1-5H,(H,15,16). The van der Waals surface area contributed by atoms with Gasteiger partial charge in [-0.1, -0.05) is 27.5 Å². The lowest BCUT2D eigenvalue weighted by molar-refractivity contribution is 0.0691. The van der Waals surface area contributed by atoms with Crippen molar-refractivity contribution in [1.82, 2.24) is 9.55 Å². The number of aromatic carboxylic acids is 1. The lowest BCUT2D eigenvalue weighted by Crippen LogP contribution is -1.96. The Balaban J connectivity index is 2.46. The van der Waals surface area contributed by atoms with Crippen LogP contribution < -0.4 is 0 Å². The van der Waals surface area contributed by atoms with E-state index in [1.165, 1.54) is 12.5 Å². The minimum atomic E-state index is -1.06. The van der Waals surface area contributed by atoms with Crippen LogP contribution in [0.2, 0.25) is 5.02 Å². The van der Waals surface area contributed by atoms with Crippen LogP contribution in [0.5, 0.6) is 0 Å². The molecule has 0 atom stereocenters. The molecule has 16 heavy (non-hydrogen) atoms. The van der Waals surface area contributed by atoms with Gasteiger partial charge in [-0.25, -0.2) is 9.78 Å². The van der Waals surface area contributed by atoms with Crippen molar-refractivity contribution in [3.05, 3.63) is 45.9 Å². The lowest BCUT2D eigenvalue weighted by atomic mass is 10.3. The van der Waals surface area contributed by atoms with Gasteiger partial charge >= 0.3 is 5.97 Å². The number of imidazole rings is 1. The normalized spacial score (nSPS) is 10.4. The van der Waals surface area contributed by atoms with Crippen molar-refractivity contribution >= 4 is 33.5 Å². The van der Waals surface area contributed by atoms with E-state index in [4.69, 9.17) is 16.7 Å². The predicted octanol–water partition coefficient (Wildman–Crippen LogP) is 2.99. The molecule has 82 valence electrons. The van der Waals surface area contributed by atoms with Crippen molar-refractivity contribution in [1.29, 1.82) is 0 Å². The minimum absolute atomic E-state index is 0.0148. The molecule has 1 aromatic carbocycles. The van der Waals surface area contributed by atoms with Gasteiger partial charge < -0.3 is 9.67 Å². The second-order valence-electron chi connectivity index (χ2n) is 3.07. The molecule has 1 aromatic heterocycles. The Labute approximate surface area is 105 Å². The molecule has 0 saturated heterocycles. The predicted molar refractivity (Wildman–Crippen MR) is 63.2 cm³/mol. The number of benzene rings is 1. The fraction of sp³-hybridized carbons (Fsp3) is 0. The van der Waals surface area contributed by atoms with Crippen LogP contribution in [-0.2, 0) is 0 Å². The summed E-state index contributed by atoms with van der Waals surface area (Å²) in [6.45, 7) is 0. The first kappa shape index (κ1) is 11.2. The zero-order valence-electron chi connectivity index (χ0n) is 7.89. The quantitative estimate of drug-likeness (QED) is 0.927. The summed E-state index contributed by atoms with van der Waals surface area (Å²) >= 11 is 9.32. The number of carboxylic acids is 1. The van der Waals surface area contributed by atoms with Crippen LogP contribution in [0.15, 0.2) is 35.2 Å². The van der Waals surface area contributed by atoms with E-state index in [1.807, 2.05) is 6.07 Å². The average Bonchev–Trinajstić information content (AvgIpc) is 2.66. The van der Waals surface area contributed by atoms with Crippen LogP contribution in [0.25, 0.3) is 5.69 Å². The molecule has 1 heterocycles. The van der Waals surface area contributed by atoms with Crippen LogP contribution in [0.3, 0.4) is 0 Å². The molecule has 0 fully saturated rings. The highest BCUT2D eigenvalue weighted by molar-refractivity contribution is 9.10. The molecule has 0 amide bonds. The maximum atomic E-state index is 10.7. The first-order valence-corrected chi connectivity index (χ1v) is 5.48. The Bertz CT molecular complexity index is 554. The maximum Gasteiger partial charge on any atom is 0.356 e.